The minimum Gasteiger partial charge on any atom is -0.384 e. The van der Waals surface area contributed by atoms with Crippen molar-refractivity contribution in [3.05, 3.63) is 69.2 Å². The number of hydrogen-bond donors (Lipinski definition) is 1. The predicted octanol–water partition coefficient (Wildman–Crippen LogP) is 4.86. The number of rotatable bonds is 2. The first-order valence-electron chi connectivity index (χ1n) is 5.90. The van der Waals surface area contributed by atoms with Crippen molar-refractivity contribution in [3.63, 3.8) is 0 Å². The lowest BCUT2D eigenvalue weighted by atomic mass is 9.99. The molecule has 0 fully saturated rings. The minimum atomic E-state index is -4.43. The fraction of sp³-hybridized carbons (Fsp3) is 0.200. The van der Waals surface area contributed by atoms with Crippen LogP contribution in [0.3, 0.4) is 0 Å². The molecule has 2 rings (SSSR count). The molecule has 1 N–H and O–H groups in total. The molecule has 0 bridgehead atoms. The van der Waals surface area contributed by atoms with Gasteiger partial charge in [0, 0.05) is 4.47 Å². The normalized spacial score (nSPS) is 13.3. The van der Waals surface area contributed by atoms with Crippen LogP contribution < -0.4 is 0 Å². The van der Waals surface area contributed by atoms with Crippen molar-refractivity contribution in [1.82, 2.24) is 0 Å². The molecule has 0 saturated carbocycles. The zero-order valence-electron chi connectivity index (χ0n) is 10.6. The van der Waals surface area contributed by atoms with Crippen LogP contribution in [0.25, 0.3) is 0 Å². The summed E-state index contributed by atoms with van der Waals surface area (Å²) in [5.74, 6) is 0. The molecule has 106 valence electrons. The number of aliphatic hydroxyl groups excluding tert-OH is 1. The van der Waals surface area contributed by atoms with E-state index in [9.17, 15) is 18.3 Å². The second-order valence-corrected chi connectivity index (χ2v) is 5.40. The van der Waals surface area contributed by atoms with Crippen LogP contribution in [0.15, 0.2) is 46.9 Å². The zero-order valence-corrected chi connectivity index (χ0v) is 12.2. The number of aliphatic hydroxyl groups is 1. The lowest BCUT2D eigenvalue weighted by molar-refractivity contribution is -0.137. The highest BCUT2D eigenvalue weighted by atomic mass is 79.9. The summed E-state index contributed by atoms with van der Waals surface area (Å²) in [5.41, 5.74) is 0.991. The van der Waals surface area contributed by atoms with Gasteiger partial charge in [0.1, 0.15) is 6.10 Å². The second kappa shape index (κ2) is 5.58. The summed E-state index contributed by atoms with van der Waals surface area (Å²) in [5, 5.41) is 10.3. The van der Waals surface area contributed by atoms with Gasteiger partial charge in [-0.1, -0.05) is 45.8 Å². The van der Waals surface area contributed by atoms with E-state index < -0.39 is 17.8 Å². The highest BCUT2D eigenvalue weighted by molar-refractivity contribution is 9.10. The van der Waals surface area contributed by atoms with Crippen molar-refractivity contribution in [2.24, 2.45) is 0 Å². The average Bonchev–Trinajstić information content (AvgIpc) is 2.38. The molecular formula is C15H12BrF3O. The van der Waals surface area contributed by atoms with Crippen molar-refractivity contribution in [3.8, 4) is 0 Å². The molecule has 2 aromatic rings. The van der Waals surface area contributed by atoms with Crippen LogP contribution in [0.4, 0.5) is 13.2 Å². The smallest absolute Gasteiger partial charge is 0.384 e. The fourth-order valence-corrected chi connectivity index (χ4v) is 2.32. The first-order chi connectivity index (χ1) is 9.29. The summed E-state index contributed by atoms with van der Waals surface area (Å²) in [4.78, 5) is 0. The number of hydrogen-bond acceptors (Lipinski definition) is 1. The molecule has 0 heterocycles. The van der Waals surface area contributed by atoms with Gasteiger partial charge in [0.2, 0.25) is 0 Å². The topological polar surface area (TPSA) is 20.2 Å². The van der Waals surface area contributed by atoms with Crippen molar-refractivity contribution >= 4 is 15.9 Å². The van der Waals surface area contributed by atoms with Crippen LogP contribution >= 0.6 is 15.9 Å². The Bertz CT molecular complexity index is 606. The van der Waals surface area contributed by atoms with Gasteiger partial charge in [0.05, 0.1) is 5.56 Å². The van der Waals surface area contributed by atoms with Gasteiger partial charge >= 0.3 is 6.18 Å². The molecule has 1 unspecified atom stereocenters. The number of aryl methyl sites for hydroxylation is 1. The van der Waals surface area contributed by atoms with E-state index in [4.69, 9.17) is 0 Å². The van der Waals surface area contributed by atoms with E-state index in [0.717, 1.165) is 17.7 Å². The van der Waals surface area contributed by atoms with Gasteiger partial charge in [-0.15, -0.1) is 0 Å². The molecule has 0 aromatic heterocycles. The van der Waals surface area contributed by atoms with Crippen LogP contribution in [0.1, 0.15) is 28.4 Å². The Kier molecular flexibility index (Phi) is 4.20. The molecule has 0 aliphatic carbocycles. The monoisotopic (exact) mass is 344 g/mol. The molecular weight excluding hydrogens is 333 g/mol. The van der Waals surface area contributed by atoms with E-state index in [-0.39, 0.29) is 5.56 Å². The lowest BCUT2D eigenvalue weighted by Crippen LogP contribution is -2.08. The molecule has 1 atom stereocenters. The summed E-state index contributed by atoms with van der Waals surface area (Å²) in [6.07, 6.45) is -5.53. The summed E-state index contributed by atoms with van der Waals surface area (Å²) in [7, 11) is 0. The summed E-state index contributed by atoms with van der Waals surface area (Å²) < 4.78 is 38.6. The maximum atomic E-state index is 12.7. The molecule has 0 saturated heterocycles. The molecule has 2 aromatic carbocycles. The van der Waals surface area contributed by atoms with Crippen LogP contribution in [-0.4, -0.2) is 5.11 Å². The van der Waals surface area contributed by atoms with Gasteiger partial charge in [0.25, 0.3) is 0 Å². The molecule has 20 heavy (non-hydrogen) atoms. The summed E-state index contributed by atoms with van der Waals surface area (Å²) in [6.45, 7) is 1.90. The first kappa shape index (κ1) is 15.1. The van der Waals surface area contributed by atoms with Gasteiger partial charge in [-0.05, 0) is 36.2 Å². The van der Waals surface area contributed by atoms with E-state index >= 15 is 0 Å². The number of benzene rings is 2. The van der Waals surface area contributed by atoms with E-state index in [2.05, 4.69) is 15.9 Å². The Labute approximate surface area is 123 Å². The number of halogens is 4. The standard InChI is InChI=1S/C15H12BrF3O/c1-9-2-4-10(5-3-9)14(20)12-8-11(15(17,18)19)6-7-13(12)16/h2-8,14,20H,1H3. The van der Waals surface area contributed by atoms with Gasteiger partial charge in [-0.2, -0.15) is 13.2 Å². The van der Waals surface area contributed by atoms with Crippen molar-refractivity contribution in [2.45, 2.75) is 19.2 Å². The second-order valence-electron chi connectivity index (χ2n) is 4.55. The van der Waals surface area contributed by atoms with Gasteiger partial charge in [0.15, 0.2) is 0 Å². The largest absolute Gasteiger partial charge is 0.416 e. The molecule has 0 aliphatic heterocycles. The first-order valence-corrected chi connectivity index (χ1v) is 6.69. The van der Waals surface area contributed by atoms with Crippen molar-refractivity contribution in [2.75, 3.05) is 0 Å². The minimum absolute atomic E-state index is 0.198. The third kappa shape index (κ3) is 3.22. The quantitative estimate of drug-likeness (QED) is 0.824. The molecule has 1 nitrogen and oxygen atoms in total. The average molecular weight is 345 g/mol. The Morgan fingerprint density at radius 3 is 2.20 bits per heavy atom. The Morgan fingerprint density at radius 1 is 1.05 bits per heavy atom. The highest BCUT2D eigenvalue weighted by Gasteiger charge is 2.31. The van der Waals surface area contributed by atoms with Crippen molar-refractivity contribution in [1.29, 1.82) is 0 Å². The van der Waals surface area contributed by atoms with E-state index in [1.807, 2.05) is 6.92 Å². The van der Waals surface area contributed by atoms with E-state index in [1.54, 1.807) is 24.3 Å². The predicted molar refractivity (Wildman–Crippen MR) is 74.4 cm³/mol. The summed E-state index contributed by atoms with van der Waals surface area (Å²) >= 11 is 3.18. The zero-order chi connectivity index (χ0) is 14.9. The Morgan fingerprint density at radius 2 is 1.65 bits per heavy atom. The third-order valence-corrected chi connectivity index (χ3v) is 3.73. The Hall–Kier alpha value is -1.33. The van der Waals surface area contributed by atoms with E-state index in [1.165, 1.54) is 6.07 Å². The summed E-state index contributed by atoms with van der Waals surface area (Å²) in [6, 6.07) is 10.3. The van der Waals surface area contributed by atoms with Gasteiger partial charge in [-0.25, -0.2) is 0 Å². The SMILES string of the molecule is Cc1ccc(C(O)c2cc(C(F)(F)F)ccc2Br)cc1. The van der Waals surface area contributed by atoms with Crippen LogP contribution in [0.5, 0.6) is 0 Å². The molecule has 0 amide bonds. The van der Waals surface area contributed by atoms with Gasteiger partial charge in [-0.3, -0.25) is 0 Å². The number of alkyl halides is 3. The fourth-order valence-electron chi connectivity index (χ4n) is 1.86. The third-order valence-electron chi connectivity index (χ3n) is 3.01. The highest BCUT2D eigenvalue weighted by Crippen LogP contribution is 2.35. The van der Waals surface area contributed by atoms with E-state index in [0.29, 0.717) is 10.0 Å². The van der Waals surface area contributed by atoms with Gasteiger partial charge < -0.3 is 5.11 Å². The van der Waals surface area contributed by atoms with Crippen molar-refractivity contribution < 1.29 is 18.3 Å². The van der Waals surface area contributed by atoms with Crippen LogP contribution in [0, 0.1) is 6.92 Å². The molecule has 5 heteroatoms. The van der Waals surface area contributed by atoms with Crippen LogP contribution in [0.2, 0.25) is 0 Å². The molecule has 0 spiro atoms. The van der Waals surface area contributed by atoms with Crippen LogP contribution in [-0.2, 0) is 6.18 Å². The maximum Gasteiger partial charge on any atom is 0.416 e. The molecule has 0 radical (unpaired) electrons. The lowest BCUT2D eigenvalue weighted by Gasteiger charge is -2.16. The Balaban J connectivity index is 2.43. The maximum absolute atomic E-state index is 12.7. The molecule has 0 aliphatic rings.